The highest BCUT2D eigenvalue weighted by Gasteiger charge is 2.23. The molecule has 0 bridgehead atoms. The number of aryl methyl sites for hydroxylation is 1. The summed E-state index contributed by atoms with van der Waals surface area (Å²) < 4.78 is 1.56. The molecule has 1 heterocycles. The first-order valence-corrected chi connectivity index (χ1v) is 6.28. The van der Waals surface area contributed by atoms with Crippen LogP contribution >= 0.6 is 0 Å². The lowest BCUT2D eigenvalue weighted by Crippen LogP contribution is -2.21. The summed E-state index contributed by atoms with van der Waals surface area (Å²) in [6, 6.07) is 7.88. The van der Waals surface area contributed by atoms with Crippen LogP contribution < -0.4 is 5.56 Å². The average Bonchev–Trinajstić information content (AvgIpc) is 3.18. The van der Waals surface area contributed by atoms with Crippen molar-refractivity contribution in [2.24, 2.45) is 0 Å². The fraction of sp³-hybridized carbons (Fsp3) is 0.333. The van der Waals surface area contributed by atoms with E-state index >= 15 is 0 Å². The highest BCUT2D eigenvalue weighted by Crippen LogP contribution is 2.40. The van der Waals surface area contributed by atoms with Gasteiger partial charge in [0.25, 0.3) is 5.56 Å². The van der Waals surface area contributed by atoms with Crippen molar-refractivity contribution in [1.29, 1.82) is 0 Å². The molecule has 0 N–H and O–H groups in total. The summed E-state index contributed by atoms with van der Waals surface area (Å²) in [6.45, 7) is 2.06. The topological polar surface area (TPSA) is 39.1 Å². The summed E-state index contributed by atoms with van der Waals surface area (Å²) in [6.07, 6.45) is 3.24. The van der Waals surface area contributed by atoms with E-state index < -0.39 is 0 Å². The number of carbonyl (C=O) groups excluding carboxylic acids is 1. The molecule has 3 nitrogen and oxygen atoms in total. The van der Waals surface area contributed by atoms with Crippen LogP contribution in [-0.4, -0.2) is 10.9 Å². The molecule has 0 spiro atoms. The Bertz CT molecular complexity index is 681. The van der Waals surface area contributed by atoms with Gasteiger partial charge in [0.2, 0.25) is 0 Å². The molecule has 0 saturated heterocycles. The number of pyridine rings is 1. The number of aldehydes is 1. The maximum atomic E-state index is 11.9. The SMILES string of the molecule is Cc1cc(=O)n(CC=O)c2cc(C3CC3)ccc12. The fourth-order valence-corrected chi connectivity index (χ4v) is 2.50. The van der Waals surface area contributed by atoms with Gasteiger partial charge in [-0.15, -0.1) is 0 Å². The van der Waals surface area contributed by atoms with Gasteiger partial charge in [0.15, 0.2) is 0 Å². The maximum Gasteiger partial charge on any atom is 0.251 e. The zero-order valence-corrected chi connectivity index (χ0v) is 10.3. The molecule has 0 atom stereocenters. The van der Waals surface area contributed by atoms with E-state index in [4.69, 9.17) is 0 Å². The van der Waals surface area contributed by atoms with E-state index in [1.807, 2.05) is 6.92 Å². The summed E-state index contributed by atoms with van der Waals surface area (Å²) in [5, 5.41) is 1.06. The molecule has 0 radical (unpaired) electrons. The predicted molar refractivity (Wildman–Crippen MR) is 71.0 cm³/mol. The molecule has 1 aromatic heterocycles. The monoisotopic (exact) mass is 241 g/mol. The van der Waals surface area contributed by atoms with Crippen molar-refractivity contribution in [2.45, 2.75) is 32.2 Å². The second kappa shape index (κ2) is 4.09. The molecule has 0 aliphatic heterocycles. The molecular formula is C15H15NO2. The van der Waals surface area contributed by atoms with Crippen molar-refractivity contribution in [3.8, 4) is 0 Å². The molecule has 1 aliphatic rings. The first kappa shape index (κ1) is 11.2. The lowest BCUT2D eigenvalue weighted by Gasteiger charge is -2.11. The minimum Gasteiger partial charge on any atom is -0.301 e. The van der Waals surface area contributed by atoms with E-state index in [2.05, 4.69) is 18.2 Å². The normalized spacial score (nSPS) is 14.9. The zero-order chi connectivity index (χ0) is 12.7. The molecule has 3 heteroatoms. The fourth-order valence-electron chi connectivity index (χ4n) is 2.50. The molecule has 92 valence electrons. The number of hydrogen-bond acceptors (Lipinski definition) is 2. The molecule has 1 fully saturated rings. The number of rotatable bonds is 3. The van der Waals surface area contributed by atoms with Gasteiger partial charge in [0.1, 0.15) is 6.29 Å². The van der Waals surface area contributed by atoms with Crippen LogP contribution in [0, 0.1) is 6.92 Å². The smallest absolute Gasteiger partial charge is 0.251 e. The Hall–Kier alpha value is -1.90. The second-order valence-corrected chi connectivity index (χ2v) is 4.99. The van der Waals surface area contributed by atoms with Crippen LogP contribution in [0.3, 0.4) is 0 Å². The van der Waals surface area contributed by atoms with Crippen molar-refractivity contribution in [1.82, 2.24) is 4.57 Å². The van der Waals surface area contributed by atoms with Gasteiger partial charge in [-0.25, -0.2) is 0 Å². The predicted octanol–water partition coefficient (Wildman–Crippen LogP) is 2.39. The number of aromatic nitrogens is 1. The van der Waals surface area contributed by atoms with Crippen LogP contribution in [0.1, 0.15) is 29.9 Å². The van der Waals surface area contributed by atoms with Gasteiger partial charge in [0.05, 0.1) is 12.1 Å². The molecule has 1 aliphatic carbocycles. The Morgan fingerprint density at radius 2 is 2.11 bits per heavy atom. The molecule has 1 saturated carbocycles. The van der Waals surface area contributed by atoms with Crippen molar-refractivity contribution in [2.75, 3.05) is 0 Å². The minimum absolute atomic E-state index is 0.0972. The van der Waals surface area contributed by atoms with Crippen LogP contribution in [0.5, 0.6) is 0 Å². The van der Waals surface area contributed by atoms with Crippen LogP contribution in [0.4, 0.5) is 0 Å². The van der Waals surface area contributed by atoms with E-state index in [-0.39, 0.29) is 12.1 Å². The van der Waals surface area contributed by atoms with Gasteiger partial charge in [-0.3, -0.25) is 4.79 Å². The lowest BCUT2D eigenvalue weighted by atomic mass is 10.0. The van der Waals surface area contributed by atoms with Gasteiger partial charge >= 0.3 is 0 Å². The van der Waals surface area contributed by atoms with Crippen LogP contribution in [0.2, 0.25) is 0 Å². The summed E-state index contributed by atoms with van der Waals surface area (Å²) in [4.78, 5) is 22.7. The van der Waals surface area contributed by atoms with E-state index in [1.54, 1.807) is 10.6 Å². The van der Waals surface area contributed by atoms with E-state index in [0.717, 1.165) is 22.8 Å². The molecule has 18 heavy (non-hydrogen) atoms. The van der Waals surface area contributed by atoms with Gasteiger partial charge in [-0.2, -0.15) is 0 Å². The Morgan fingerprint density at radius 3 is 2.78 bits per heavy atom. The number of carbonyl (C=O) groups is 1. The minimum atomic E-state index is -0.0972. The zero-order valence-electron chi connectivity index (χ0n) is 10.3. The quantitative estimate of drug-likeness (QED) is 0.774. The van der Waals surface area contributed by atoms with E-state index in [0.29, 0.717) is 5.92 Å². The van der Waals surface area contributed by atoms with E-state index in [1.165, 1.54) is 18.4 Å². The summed E-state index contributed by atoms with van der Waals surface area (Å²) >= 11 is 0. The third kappa shape index (κ3) is 1.76. The van der Waals surface area contributed by atoms with Gasteiger partial charge in [-0.05, 0) is 42.9 Å². The Balaban J connectivity index is 2.31. The van der Waals surface area contributed by atoms with Crippen LogP contribution in [0.15, 0.2) is 29.1 Å². The van der Waals surface area contributed by atoms with Crippen LogP contribution in [0.25, 0.3) is 10.9 Å². The standard InChI is InChI=1S/C15H15NO2/c1-10-8-15(18)16(6-7-17)14-9-12(11-2-3-11)4-5-13(10)14/h4-5,7-9,11H,2-3,6H2,1H3. The first-order chi connectivity index (χ1) is 8.70. The van der Waals surface area contributed by atoms with Gasteiger partial charge in [0, 0.05) is 11.5 Å². The number of benzene rings is 1. The Kier molecular flexibility index (Phi) is 2.54. The maximum absolute atomic E-state index is 11.9. The number of hydrogen-bond donors (Lipinski definition) is 0. The van der Waals surface area contributed by atoms with Gasteiger partial charge < -0.3 is 9.36 Å². The largest absolute Gasteiger partial charge is 0.301 e. The molecule has 1 aromatic carbocycles. The third-order valence-electron chi connectivity index (χ3n) is 3.65. The number of nitrogens with zero attached hydrogens (tertiary/aromatic N) is 1. The van der Waals surface area contributed by atoms with Crippen molar-refractivity contribution in [3.05, 3.63) is 45.7 Å². The Labute approximate surface area is 105 Å². The molecule has 2 aromatic rings. The highest BCUT2D eigenvalue weighted by molar-refractivity contribution is 5.83. The Morgan fingerprint density at radius 1 is 1.33 bits per heavy atom. The molecule has 0 unspecified atom stereocenters. The van der Waals surface area contributed by atoms with Crippen molar-refractivity contribution in [3.63, 3.8) is 0 Å². The summed E-state index contributed by atoms with van der Waals surface area (Å²) in [5.74, 6) is 0.648. The van der Waals surface area contributed by atoms with Crippen molar-refractivity contribution < 1.29 is 4.79 Å². The van der Waals surface area contributed by atoms with Crippen molar-refractivity contribution >= 4 is 17.2 Å². The molecular weight excluding hydrogens is 226 g/mol. The second-order valence-electron chi connectivity index (χ2n) is 4.99. The first-order valence-electron chi connectivity index (χ1n) is 6.28. The number of fused-ring (bicyclic) bond motifs is 1. The highest BCUT2D eigenvalue weighted by atomic mass is 16.1. The molecule has 3 rings (SSSR count). The third-order valence-corrected chi connectivity index (χ3v) is 3.65. The average molecular weight is 241 g/mol. The van der Waals surface area contributed by atoms with E-state index in [9.17, 15) is 9.59 Å². The summed E-state index contributed by atoms with van der Waals surface area (Å²) in [7, 11) is 0. The summed E-state index contributed by atoms with van der Waals surface area (Å²) in [5.41, 5.74) is 3.04. The molecule has 0 amide bonds. The van der Waals surface area contributed by atoms with Crippen LogP contribution in [-0.2, 0) is 11.3 Å². The lowest BCUT2D eigenvalue weighted by molar-refractivity contribution is -0.108. The van der Waals surface area contributed by atoms with Gasteiger partial charge in [-0.1, -0.05) is 12.1 Å².